The average molecular weight is 1530 g/mol. The average Bonchev–Trinajstić information content (AvgIpc) is 0.766. The molecule has 12 rings (SSSR count). The highest BCUT2D eigenvalue weighted by atomic mass is 32.2. The lowest BCUT2D eigenvalue weighted by atomic mass is 9.86. The Morgan fingerprint density at radius 1 is 0.453 bits per heavy atom. The largest absolute Gasteiger partial charge is 0.508 e. The van der Waals surface area contributed by atoms with Gasteiger partial charge in [-0.2, -0.15) is 0 Å². The number of hydrogen-bond acceptors (Lipinski definition) is 21. The molecule has 0 spiro atoms. The topological polar surface area (TPSA) is 409 Å². The van der Waals surface area contributed by atoms with E-state index in [-0.39, 0.29) is 78.4 Å². The number of carboxylic acid groups (broad SMARTS) is 2. The van der Waals surface area contributed by atoms with E-state index in [1.807, 2.05) is 147 Å². The van der Waals surface area contributed by atoms with Gasteiger partial charge in [-0.1, -0.05) is 156 Å². The summed E-state index contributed by atoms with van der Waals surface area (Å²) in [5, 5.41) is 86.7. The number of aromatic hydroxyl groups is 4. The second kappa shape index (κ2) is 36.8. The molecular weight excluding hydrogens is 1430 g/mol. The van der Waals surface area contributed by atoms with Crippen LogP contribution in [0.1, 0.15) is 112 Å². The van der Waals surface area contributed by atoms with E-state index in [1.165, 1.54) is 30.0 Å². The van der Waals surface area contributed by atoms with Crippen LogP contribution in [-0.4, -0.2) is 131 Å². The molecule has 28 heteroatoms. The maximum Gasteiger partial charge on any atom is 0.318 e. The summed E-state index contributed by atoms with van der Waals surface area (Å²) in [5.74, 6) is -1.93. The summed E-state index contributed by atoms with van der Waals surface area (Å²) < 4.78 is 38.1. The highest BCUT2D eigenvalue weighted by Gasteiger charge is 2.39. The second-order valence-corrected chi connectivity index (χ2v) is 35.0. The molecule has 0 bridgehead atoms. The fourth-order valence-corrected chi connectivity index (χ4v) is 16.2. The SMILES string of the molecule is CC(=O)O.CC(C)(C)c1ccc(N)cc1O.CC(C)(C)c1ccc(NC(=O)C2CNc3ccccc3S2(=O)=O)cc1O.CC(C)(C)c1ccc(NC(=O)C2CNc3ccccc3S2)cc1O.CC(C)(C)c1ccc(NC(=O)C2CNc3ccccc3S2=O)cc1O.O=C(O)C1CNc2ccccc2S1.OO. The molecular formula is C78H96N8O16S4. The molecule has 5 unspecified atom stereocenters. The number of carbonyl (C=O) groups is 5. The van der Waals surface area contributed by atoms with Gasteiger partial charge in [0.15, 0.2) is 15.1 Å². The molecule has 0 saturated heterocycles. The number of nitrogens with one attached hydrogen (secondary N) is 7. The van der Waals surface area contributed by atoms with Crippen molar-refractivity contribution in [2.75, 3.05) is 69.1 Å². The Balaban J connectivity index is 0.000000209. The number of nitrogens with two attached hydrogens (primary N) is 1. The molecule has 3 amide bonds. The monoisotopic (exact) mass is 1530 g/mol. The van der Waals surface area contributed by atoms with E-state index in [1.54, 1.807) is 78.5 Å². The van der Waals surface area contributed by atoms with Crippen molar-refractivity contribution in [3.8, 4) is 23.0 Å². The molecule has 24 nitrogen and oxygen atoms in total. The summed E-state index contributed by atoms with van der Waals surface area (Å²) in [7, 11) is -5.20. The Morgan fingerprint density at radius 3 is 1.24 bits per heavy atom. The third kappa shape index (κ3) is 23.5. The third-order valence-electron chi connectivity index (χ3n) is 16.4. The van der Waals surface area contributed by atoms with Crippen LogP contribution in [0.25, 0.3) is 0 Å². The number of hydrogen-bond donors (Lipinski definition) is 16. The first-order valence-electron chi connectivity index (χ1n) is 33.6. The number of carboxylic acids is 2. The zero-order chi connectivity index (χ0) is 78.8. The van der Waals surface area contributed by atoms with Gasteiger partial charge in [0.25, 0.3) is 5.97 Å². The molecule has 4 heterocycles. The van der Waals surface area contributed by atoms with Crippen molar-refractivity contribution in [3.05, 3.63) is 192 Å². The lowest BCUT2D eigenvalue weighted by Crippen LogP contribution is -2.43. The third-order valence-corrected chi connectivity index (χ3v) is 22.7. The van der Waals surface area contributed by atoms with Gasteiger partial charge in [-0.3, -0.25) is 38.7 Å². The minimum absolute atomic E-state index is 0.00274. The first kappa shape index (κ1) is 85.0. The molecule has 4 aliphatic heterocycles. The number of phenols is 4. The van der Waals surface area contributed by atoms with Crippen LogP contribution in [-0.2, 0) is 66.3 Å². The second-order valence-electron chi connectivity index (χ2n) is 28.8. The molecule has 0 saturated carbocycles. The fourth-order valence-electron chi connectivity index (χ4n) is 11.1. The molecule has 0 aliphatic carbocycles. The van der Waals surface area contributed by atoms with Crippen LogP contribution in [0.2, 0.25) is 0 Å². The normalized spacial score (nSPS) is 17.1. The van der Waals surface area contributed by atoms with Crippen molar-refractivity contribution < 1.29 is 77.8 Å². The number of rotatable bonds is 7. The maximum absolute atomic E-state index is 12.7. The van der Waals surface area contributed by atoms with Crippen molar-refractivity contribution in [2.45, 2.75) is 152 Å². The van der Waals surface area contributed by atoms with Gasteiger partial charge in [0.05, 0.1) is 32.0 Å². The highest BCUT2D eigenvalue weighted by Crippen LogP contribution is 2.40. The number of aliphatic carboxylic acids is 2. The quantitative estimate of drug-likeness (QED) is 0.0400. The molecule has 5 atom stereocenters. The molecule has 8 aromatic carbocycles. The predicted molar refractivity (Wildman–Crippen MR) is 424 cm³/mol. The Kier molecular flexibility index (Phi) is 29.5. The Hall–Kier alpha value is -9.97. The van der Waals surface area contributed by atoms with Crippen molar-refractivity contribution >= 4 is 119 Å². The minimum atomic E-state index is -3.78. The number of anilines is 8. The number of phenolic OH excluding ortho intramolecular Hbond substituents is 4. The fraction of sp³-hybridized carbons (Fsp3) is 0.321. The number of fused-ring (bicyclic) bond motifs is 4. The molecule has 17 N–H and O–H groups in total. The lowest BCUT2D eigenvalue weighted by molar-refractivity contribution is -0.176. The van der Waals surface area contributed by atoms with E-state index >= 15 is 0 Å². The standard InChI is InChI=1S/C19H22N2O4S.C19H22N2O3S.C19H22N2O2S.C10H15NO.C9H9NO2S.C2H4O2.H2O2/c1-19(2,3)13-9-8-12(10-15(13)22)21-18(23)17-11-20-14-6-4-5-7-16(14)26(17,24)25;1-19(2,3)13-9-8-12(10-15(13)22)21-18(23)17-11-20-14-6-4-5-7-16(14)25(17)24;1-19(2,3)13-9-8-12(10-15(13)22)21-18(23)17-11-20-14-6-4-5-7-16(14)24-17;1-10(2,3)8-5-4-7(11)6-9(8)12;11-9(12)8-5-10-6-3-1-2-4-7(6)13-8;1-2(3)4;1-2/h4-10,17,20,22H,11H2,1-3H3,(H,21,23);4-10,17,20,22H,11H2,1-3H3,(H,21,23);4-10,17,20,22H,11H2,1-3H3,(H,21,23);4-6,12H,11H2,1-3H3;1-4,8,10H,5H2,(H,11,12);1H3,(H,3,4);1-2H. The summed E-state index contributed by atoms with van der Waals surface area (Å²) in [6.07, 6.45) is 0. The lowest BCUT2D eigenvalue weighted by Gasteiger charge is -2.25. The van der Waals surface area contributed by atoms with Crippen molar-refractivity contribution in [1.82, 2.24) is 0 Å². The van der Waals surface area contributed by atoms with E-state index in [9.17, 15) is 52.2 Å². The van der Waals surface area contributed by atoms with Crippen molar-refractivity contribution in [3.63, 3.8) is 0 Å². The summed E-state index contributed by atoms with van der Waals surface area (Å²) in [6, 6.07) is 50.0. The predicted octanol–water partition coefficient (Wildman–Crippen LogP) is 14.4. The van der Waals surface area contributed by atoms with Gasteiger partial charge in [0.2, 0.25) is 17.7 Å². The number of para-hydroxylation sites is 4. The number of benzene rings is 8. The first-order valence-corrected chi connectivity index (χ1v) is 38.1. The number of nitrogen functional groups attached to an aromatic ring is 1. The van der Waals surface area contributed by atoms with Crippen LogP contribution in [0, 0.1) is 0 Å². The van der Waals surface area contributed by atoms with Gasteiger partial charge in [-0.25, -0.2) is 8.42 Å². The zero-order valence-corrected chi connectivity index (χ0v) is 64.6. The number of amides is 3. The van der Waals surface area contributed by atoms with E-state index < -0.39 is 49.0 Å². The molecule has 0 radical (unpaired) electrons. The van der Waals surface area contributed by atoms with Crippen LogP contribution in [0.15, 0.2) is 189 Å². The summed E-state index contributed by atoms with van der Waals surface area (Å²) in [5.41, 5.74) is 13.7. The molecule has 0 fully saturated rings. The van der Waals surface area contributed by atoms with E-state index in [4.69, 9.17) is 31.3 Å². The Bertz CT molecular complexity index is 4570. The molecule has 8 aromatic rings. The van der Waals surface area contributed by atoms with Crippen LogP contribution in [0.3, 0.4) is 0 Å². The van der Waals surface area contributed by atoms with E-state index in [0.29, 0.717) is 53.0 Å². The van der Waals surface area contributed by atoms with E-state index in [0.717, 1.165) is 56.0 Å². The molecule has 0 aromatic heterocycles. The van der Waals surface area contributed by atoms with Gasteiger partial charge in [0, 0.05) is 101 Å². The van der Waals surface area contributed by atoms with Gasteiger partial charge in [-0.05, 0) is 117 Å². The van der Waals surface area contributed by atoms with Crippen molar-refractivity contribution in [1.29, 1.82) is 0 Å². The molecule has 568 valence electrons. The molecule has 4 aliphatic rings. The van der Waals surface area contributed by atoms with Gasteiger partial charge >= 0.3 is 5.97 Å². The van der Waals surface area contributed by atoms with E-state index in [2.05, 4.69) is 58.0 Å². The number of sulfone groups is 1. The van der Waals surface area contributed by atoms with Crippen molar-refractivity contribution in [2.24, 2.45) is 0 Å². The van der Waals surface area contributed by atoms with Crippen LogP contribution in [0.5, 0.6) is 23.0 Å². The Labute approximate surface area is 629 Å². The first-order chi connectivity index (χ1) is 49.6. The summed E-state index contributed by atoms with van der Waals surface area (Å²) in [4.78, 5) is 60.2. The van der Waals surface area contributed by atoms with Gasteiger partial charge < -0.3 is 73.6 Å². The van der Waals surface area contributed by atoms with Gasteiger partial charge in [0.1, 0.15) is 38.7 Å². The molecule has 106 heavy (non-hydrogen) atoms. The maximum atomic E-state index is 12.7. The number of carbonyl (C=O) groups excluding carboxylic acids is 3. The highest BCUT2D eigenvalue weighted by molar-refractivity contribution is 8.01. The summed E-state index contributed by atoms with van der Waals surface area (Å²) in [6.45, 7) is 26.7. The van der Waals surface area contributed by atoms with Gasteiger partial charge in [-0.15, -0.1) is 23.5 Å². The number of thioether (sulfide) groups is 2. The minimum Gasteiger partial charge on any atom is -0.508 e. The smallest absolute Gasteiger partial charge is 0.318 e. The van der Waals surface area contributed by atoms with Crippen LogP contribution >= 0.6 is 23.5 Å². The summed E-state index contributed by atoms with van der Waals surface area (Å²) >= 11 is 2.96. The zero-order valence-electron chi connectivity index (χ0n) is 61.4. The van der Waals surface area contributed by atoms with Crippen LogP contribution in [0.4, 0.5) is 45.5 Å². The van der Waals surface area contributed by atoms with Crippen LogP contribution < -0.4 is 43.0 Å². The Morgan fingerprint density at radius 2 is 0.802 bits per heavy atom.